The fourth-order valence-electron chi connectivity index (χ4n) is 2.66. The number of aliphatic carboxylic acids is 1. The van der Waals surface area contributed by atoms with Crippen LogP contribution in [-0.2, 0) is 4.79 Å². The maximum Gasteiger partial charge on any atom is 0.311 e. The van der Waals surface area contributed by atoms with Crippen LogP contribution in [0.1, 0.15) is 29.9 Å². The molecule has 1 unspecified atom stereocenters. The molecule has 0 aromatic carbocycles. The van der Waals surface area contributed by atoms with Gasteiger partial charge in [0.25, 0.3) is 5.91 Å². The molecule has 1 N–H and O–H groups in total. The second kappa shape index (κ2) is 5.44. The Balaban J connectivity index is 2.21. The van der Waals surface area contributed by atoms with Crippen molar-refractivity contribution in [1.29, 1.82) is 0 Å². The first-order valence-corrected chi connectivity index (χ1v) is 7.44. The lowest BCUT2D eigenvalue weighted by Gasteiger charge is -2.28. The third-order valence-corrected chi connectivity index (χ3v) is 5.05. The van der Waals surface area contributed by atoms with Gasteiger partial charge in [0.2, 0.25) is 0 Å². The van der Waals surface area contributed by atoms with Gasteiger partial charge in [-0.1, -0.05) is 13.8 Å². The van der Waals surface area contributed by atoms with Gasteiger partial charge in [0.05, 0.1) is 12.5 Å². The molecule has 0 saturated carbocycles. The molecule has 1 saturated heterocycles. The number of hydrogen-bond donors (Lipinski definition) is 1. The maximum atomic E-state index is 12.5. The van der Waals surface area contributed by atoms with Crippen molar-refractivity contribution in [3.8, 4) is 5.75 Å². The lowest BCUT2D eigenvalue weighted by Crippen LogP contribution is -2.40. The maximum absolute atomic E-state index is 12.5. The summed E-state index contributed by atoms with van der Waals surface area (Å²) in [5.74, 6) is -0.415. The molecule has 1 amide bonds. The summed E-state index contributed by atoms with van der Waals surface area (Å²) in [5.41, 5.74) is -0.833. The van der Waals surface area contributed by atoms with Crippen LogP contribution in [0.4, 0.5) is 0 Å². The molecule has 20 heavy (non-hydrogen) atoms. The molecule has 5 nitrogen and oxygen atoms in total. The molecule has 1 aromatic heterocycles. The number of hydrogen-bond acceptors (Lipinski definition) is 4. The average molecular weight is 297 g/mol. The number of thiophene rings is 1. The first-order valence-electron chi connectivity index (χ1n) is 6.56. The molecule has 110 valence electrons. The van der Waals surface area contributed by atoms with Gasteiger partial charge in [0.15, 0.2) is 0 Å². The van der Waals surface area contributed by atoms with Crippen molar-refractivity contribution in [3.63, 3.8) is 0 Å². The number of likely N-dealkylation sites (tertiary alicyclic amines) is 1. The van der Waals surface area contributed by atoms with Crippen LogP contribution in [-0.4, -0.2) is 42.1 Å². The minimum atomic E-state index is -0.833. The van der Waals surface area contributed by atoms with Gasteiger partial charge in [0, 0.05) is 13.1 Å². The van der Waals surface area contributed by atoms with Gasteiger partial charge in [-0.25, -0.2) is 0 Å². The van der Waals surface area contributed by atoms with Crippen LogP contribution in [0.15, 0.2) is 11.4 Å². The first-order chi connectivity index (χ1) is 9.42. The minimum absolute atomic E-state index is 0.0111. The SMILES string of the molecule is COc1ccsc1C(=O)N1CCC(C(=O)O)(C(C)C)C1. The van der Waals surface area contributed by atoms with Gasteiger partial charge in [-0.3, -0.25) is 9.59 Å². The Hall–Kier alpha value is -1.56. The topological polar surface area (TPSA) is 66.8 Å². The summed E-state index contributed by atoms with van der Waals surface area (Å²) in [7, 11) is 1.53. The number of amides is 1. The highest BCUT2D eigenvalue weighted by atomic mass is 32.1. The second-order valence-electron chi connectivity index (χ2n) is 5.41. The van der Waals surface area contributed by atoms with E-state index in [1.165, 1.54) is 18.4 Å². The Morgan fingerprint density at radius 3 is 2.70 bits per heavy atom. The molecule has 2 rings (SSSR count). The van der Waals surface area contributed by atoms with Gasteiger partial charge in [-0.05, 0) is 23.8 Å². The summed E-state index contributed by atoms with van der Waals surface area (Å²) in [6.07, 6.45) is 0.499. The highest BCUT2D eigenvalue weighted by molar-refractivity contribution is 7.12. The number of rotatable bonds is 4. The van der Waals surface area contributed by atoms with E-state index < -0.39 is 11.4 Å². The third kappa shape index (κ3) is 2.28. The molecule has 1 aromatic rings. The lowest BCUT2D eigenvalue weighted by molar-refractivity contribution is -0.150. The molecular weight excluding hydrogens is 278 g/mol. The lowest BCUT2D eigenvalue weighted by atomic mass is 9.76. The van der Waals surface area contributed by atoms with Crippen LogP contribution in [0.25, 0.3) is 0 Å². The minimum Gasteiger partial charge on any atom is -0.495 e. The molecular formula is C14H19NO4S. The molecule has 1 fully saturated rings. The van der Waals surface area contributed by atoms with Crippen molar-refractivity contribution < 1.29 is 19.4 Å². The van der Waals surface area contributed by atoms with Gasteiger partial charge in [-0.2, -0.15) is 0 Å². The smallest absolute Gasteiger partial charge is 0.311 e. The Kier molecular flexibility index (Phi) is 4.04. The van der Waals surface area contributed by atoms with Crippen molar-refractivity contribution >= 4 is 23.2 Å². The number of carboxylic acid groups (broad SMARTS) is 1. The van der Waals surface area contributed by atoms with Crippen molar-refractivity contribution in [3.05, 3.63) is 16.3 Å². The van der Waals surface area contributed by atoms with Crippen LogP contribution in [0.5, 0.6) is 5.75 Å². The highest BCUT2D eigenvalue weighted by Crippen LogP contribution is 2.39. The van der Waals surface area contributed by atoms with Crippen LogP contribution in [0.2, 0.25) is 0 Å². The standard InChI is InChI=1S/C14H19NO4S/c1-9(2)14(13(17)18)5-6-15(8-14)12(16)11-10(19-3)4-7-20-11/h4,7,9H,5-6,8H2,1-3H3,(H,17,18). The summed E-state index contributed by atoms with van der Waals surface area (Å²) < 4.78 is 5.16. The number of methoxy groups -OCH3 is 1. The summed E-state index contributed by atoms with van der Waals surface area (Å²) in [6, 6.07) is 1.75. The van der Waals surface area contributed by atoms with E-state index in [0.717, 1.165) is 0 Å². The van der Waals surface area contributed by atoms with Gasteiger partial charge >= 0.3 is 5.97 Å². The largest absolute Gasteiger partial charge is 0.495 e. The van der Waals surface area contributed by atoms with E-state index in [-0.39, 0.29) is 18.4 Å². The molecule has 1 aliphatic heterocycles. The number of carbonyl (C=O) groups is 2. The quantitative estimate of drug-likeness (QED) is 0.926. The molecule has 2 heterocycles. The van der Waals surface area contributed by atoms with Crippen molar-refractivity contribution in [2.75, 3.05) is 20.2 Å². The van der Waals surface area contributed by atoms with E-state index in [4.69, 9.17) is 4.74 Å². The summed E-state index contributed by atoms with van der Waals surface area (Å²) >= 11 is 1.32. The summed E-state index contributed by atoms with van der Waals surface area (Å²) in [5, 5.41) is 11.3. The molecule has 0 spiro atoms. The average Bonchev–Trinajstić information content (AvgIpc) is 3.05. The fraction of sp³-hybridized carbons (Fsp3) is 0.571. The highest BCUT2D eigenvalue weighted by Gasteiger charge is 2.48. The van der Waals surface area contributed by atoms with E-state index in [1.54, 1.807) is 16.3 Å². The Labute approximate surface area is 122 Å². The molecule has 0 aliphatic carbocycles. The normalized spacial score (nSPS) is 22.3. The number of carbonyl (C=O) groups excluding carboxylic acids is 1. The van der Waals surface area contributed by atoms with E-state index in [2.05, 4.69) is 0 Å². The van der Waals surface area contributed by atoms with E-state index in [9.17, 15) is 14.7 Å². The number of ether oxygens (including phenoxy) is 1. The predicted octanol–water partition coefficient (Wildman–Crippen LogP) is 2.33. The van der Waals surface area contributed by atoms with Gasteiger partial charge < -0.3 is 14.7 Å². The van der Waals surface area contributed by atoms with E-state index in [1.807, 2.05) is 13.8 Å². The van der Waals surface area contributed by atoms with E-state index >= 15 is 0 Å². The predicted molar refractivity (Wildman–Crippen MR) is 76.3 cm³/mol. The van der Waals surface area contributed by atoms with Gasteiger partial charge in [0.1, 0.15) is 10.6 Å². The Morgan fingerprint density at radius 1 is 1.50 bits per heavy atom. The third-order valence-electron chi connectivity index (χ3n) is 4.16. The molecule has 0 bridgehead atoms. The van der Waals surface area contributed by atoms with Crippen LogP contribution >= 0.6 is 11.3 Å². The zero-order valence-corrected chi connectivity index (χ0v) is 12.7. The van der Waals surface area contributed by atoms with Crippen LogP contribution < -0.4 is 4.74 Å². The molecule has 6 heteroatoms. The Morgan fingerprint density at radius 2 is 2.20 bits per heavy atom. The zero-order valence-electron chi connectivity index (χ0n) is 11.9. The summed E-state index contributed by atoms with van der Waals surface area (Å²) in [4.78, 5) is 26.2. The van der Waals surface area contributed by atoms with Gasteiger partial charge in [-0.15, -0.1) is 11.3 Å². The Bertz CT molecular complexity index is 525. The molecule has 1 atom stereocenters. The van der Waals surface area contributed by atoms with Crippen LogP contribution in [0, 0.1) is 11.3 Å². The van der Waals surface area contributed by atoms with Crippen molar-refractivity contribution in [2.24, 2.45) is 11.3 Å². The number of nitrogens with zero attached hydrogens (tertiary/aromatic N) is 1. The summed E-state index contributed by atoms with van der Waals surface area (Å²) in [6.45, 7) is 4.53. The van der Waals surface area contributed by atoms with Crippen molar-refractivity contribution in [2.45, 2.75) is 20.3 Å². The molecule has 0 radical (unpaired) electrons. The monoisotopic (exact) mass is 297 g/mol. The molecule has 1 aliphatic rings. The number of carboxylic acids is 1. The van der Waals surface area contributed by atoms with E-state index in [0.29, 0.717) is 23.6 Å². The fourth-order valence-corrected chi connectivity index (χ4v) is 3.48. The van der Waals surface area contributed by atoms with Crippen LogP contribution in [0.3, 0.4) is 0 Å². The van der Waals surface area contributed by atoms with Crippen molar-refractivity contribution in [1.82, 2.24) is 4.90 Å². The first kappa shape index (κ1) is 14.8. The zero-order chi connectivity index (χ0) is 14.9. The second-order valence-corrected chi connectivity index (χ2v) is 6.33.